The molecule has 0 fully saturated rings. The van der Waals surface area contributed by atoms with Gasteiger partial charge in [-0.25, -0.2) is 0 Å². The normalized spacial score (nSPS) is 16.8. The van der Waals surface area contributed by atoms with Gasteiger partial charge >= 0.3 is 0 Å². The lowest BCUT2D eigenvalue weighted by molar-refractivity contribution is 0.0924. The minimum absolute atomic E-state index is 0.0690. The Morgan fingerprint density at radius 2 is 2.14 bits per heavy atom. The van der Waals surface area contributed by atoms with Gasteiger partial charge in [0.1, 0.15) is 5.75 Å². The summed E-state index contributed by atoms with van der Waals surface area (Å²) in [6.45, 7) is 2.56. The Bertz CT molecular complexity index is 684. The van der Waals surface area contributed by atoms with Crippen LogP contribution in [0.15, 0.2) is 42.5 Å². The zero-order chi connectivity index (χ0) is 14.8. The van der Waals surface area contributed by atoms with Gasteiger partial charge < -0.3 is 10.1 Å². The second kappa shape index (κ2) is 5.78. The van der Waals surface area contributed by atoms with Crippen LogP contribution in [-0.2, 0) is 0 Å². The Kier molecular flexibility index (Phi) is 3.84. The van der Waals surface area contributed by atoms with Crippen LogP contribution in [0.5, 0.6) is 5.75 Å². The molecule has 2 aromatic carbocycles. The number of hydrogen-bond donors (Lipinski definition) is 1. The Morgan fingerprint density at radius 3 is 2.95 bits per heavy atom. The molecule has 0 aromatic heterocycles. The highest BCUT2D eigenvalue weighted by molar-refractivity contribution is 6.30. The molecule has 108 valence electrons. The molecule has 0 radical (unpaired) electrons. The molecular formula is C17H16ClNO2. The number of aryl methyl sites for hydroxylation is 1. The average molecular weight is 302 g/mol. The predicted molar refractivity (Wildman–Crippen MR) is 83.0 cm³/mol. The molecule has 3 rings (SSSR count). The van der Waals surface area contributed by atoms with Gasteiger partial charge in [0, 0.05) is 22.6 Å². The summed E-state index contributed by atoms with van der Waals surface area (Å²) in [4.78, 5) is 12.4. The summed E-state index contributed by atoms with van der Waals surface area (Å²) in [6, 6.07) is 13.0. The first kappa shape index (κ1) is 14.0. The molecule has 4 heteroatoms. The van der Waals surface area contributed by atoms with Gasteiger partial charge in [0.15, 0.2) is 0 Å². The molecule has 1 atom stereocenters. The number of halogens is 1. The van der Waals surface area contributed by atoms with E-state index >= 15 is 0 Å². The van der Waals surface area contributed by atoms with Crippen LogP contribution < -0.4 is 10.1 Å². The van der Waals surface area contributed by atoms with Crippen LogP contribution in [0.4, 0.5) is 0 Å². The third-order valence-corrected chi connectivity index (χ3v) is 3.83. The topological polar surface area (TPSA) is 38.3 Å². The number of benzene rings is 2. The fraction of sp³-hybridized carbons (Fsp3) is 0.235. The summed E-state index contributed by atoms with van der Waals surface area (Å²) in [7, 11) is 0. The highest BCUT2D eigenvalue weighted by Gasteiger charge is 2.23. The van der Waals surface area contributed by atoms with E-state index in [2.05, 4.69) is 5.32 Å². The number of rotatable bonds is 2. The number of carbonyl (C=O) groups excluding carboxylic acids is 1. The summed E-state index contributed by atoms with van der Waals surface area (Å²) in [5.41, 5.74) is 2.68. The van der Waals surface area contributed by atoms with Crippen molar-refractivity contribution in [1.29, 1.82) is 0 Å². The number of hydrogen-bond acceptors (Lipinski definition) is 2. The predicted octanol–water partition coefficient (Wildman–Crippen LogP) is 3.90. The van der Waals surface area contributed by atoms with Crippen LogP contribution in [0.2, 0.25) is 5.02 Å². The van der Waals surface area contributed by atoms with Gasteiger partial charge in [0.25, 0.3) is 5.91 Å². The van der Waals surface area contributed by atoms with Crippen molar-refractivity contribution in [2.24, 2.45) is 0 Å². The second-order valence-electron chi connectivity index (χ2n) is 5.21. The average Bonchev–Trinajstić information content (AvgIpc) is 2.48. The van der Waals surface area contributed by atoms with Gasteiger partial charge in [0.05, 0.1) is 12.6 Å². The molecule has 1 aliphatic rings. The number of nitrogens with one attached hydrogen (secondary N) is 1. The third kappa shape index (κ3) is 3.03. The fourth-order valence-corrected chi connectivity index (χ4v) is 2.72. The molecule has 21 heavy (non-hydrogen) atoms. The van der Waals surface area contributed by atoms with E-state index < -0.39 is 0 Å². The lowest BCUT2D eigenvalue weighted by Gasteiger charge is -2.27. The van der Waals surface area contributed by atoms with Crippen LogP contribution in [0.25, 0.3) is 0 Å². The van der Waals surface area contributed by atoms with Crippen molar-refractivity contribution in [1.82, 2.24) is 5.32 Å². The minimum Gasteiger partial charge on any atom is -0.493 e. The fourth-order valence-electron chi connectivity index (χ4n) is 2.54. The van der Waals surface area contributed by atoms with Crippen molar-refractivity contribution in [2.45, 2.75) is 19.4 Å². The van der Waals surface area contributed by atoms with Crippen molar-refractivity contribution in [3.63, 3.8) is 0 Å². The van der Waals surface area contributed by atoms with Gasteiger partial charge in [-0.2, -0.15) is 0 Å². The van der Waals surface area contributed by atoms with Crippen molar-refractivity contribution >= 4 is 17.5 Å². The minimum atomic E-state index is -0.0727. The second-order valence-corrected chi connectivity index (χ2v) is 5.65. The lowest BCUT2D eigenvalue weighted by Crippen LogP contribution is -2.32. The van der Waals surface area contributed by atoms with Gasteiger partial charge in [-0.3, -0.25) is 4.79 Å². The van der Waals surface area contributed by atoms with E-state index in [1.165, 1.54) is 0 Å². The van der Waals surface area contributed by atoms with Crippen LogP contribution in [0.3, 0.4) is 0 Å². The van der Waals surface area contributed by atoms with Gasteiger partial charge in [-0.05, 0) is 37.3 Å². The summed E-state index contributed by atoms with van der Waals surface area (Å²) in [5.74, 6) is 0.719. The highest BCUT2D eigenvalue weighted by atomic mass is 35.5. The van der Waals surface area contributed by atoms with E-state index in [9.17, 15) is 4.79 Å². The van der Waals surface area contributed by atoms with Crippen molar-refractivity contribution < 1.29 is 9.53 Å². The van der Waals surface area contributed by atoms with Crippen molar-refractivity contribution in [3.05, 3.63) is 64.2 Å². The third-order valence-electron chi connectivity index (χ3n) is 3.60. The van der Waals surface area contributed by atoms with Crippen LogP contribution in [0, 0.1) is 6.92 Å². The zero-order valence-electron chi connectivity index (χ0n) is 11.7. The summed E-state index contributed by atoms with van der Waals surface area (Å²) in [5, 5.41) is 3.72. The molecule has 1 amide bonds. The molecule has 1 heterocycles. The van der Waals surface area contributed by atoms with E-state index in [1.54, 1.807) is 6.07 Å². The maximum atomic E-state index is 12.4. The first-order valence-corrected chi connectivity index (χ1v) is 7.31. The molecule has 1 N–H and O–H groups in total. The van der Waals surface area contributed by atoms with Gasteiger partial charge in [0.2, 0.25) is 0 Å². The molecule has 1 unspecified atom stereocenters. The Labute approximate surface area is 128 Å². The molecule has 0 spiro atoms. The van der Waals surface area contributed by atoms with E-state index in [0.717, 1.165) is 23.3 Å². The molecule has 0 aliphatic carbocycles. The quantitative estimate of drug-likeness (QED) is 0.913. The number of fused-ring (bicyclic) bond motifs is 1. The molecular weight excluding hydrogens is 286 g/mol. The number of amides is 1. The van der Waals surface area contributed by atoms with Gasteiger partial charge in [-0.15, -0.1) is 0 Å². The zero-order valence-corrected chi connectivity index (χ0v) is 12.5. The Balaban J connectivity index is 1.83. The number of carbonyl (C=O) groups is 1. The Morgan fingerprint density at radius 1 is 1.29 bits per heavy atom. The molecule has 0 bridgehead atoms. The summed E-state index contributed by atoms with van der Waals surface area (Å²) in [6.07, 6.45) is 0.741. The van der Waals surface area contributed by atoms with Crippen molar-refractivity contribution in [2.75, 3.05) is 6.61 Å². The van der Waals surface area contributed by atoms with Gasteiger partial charge in [-0.1, -0.05) is 29.3 Å². The molecule has 0 saturated heterocycles. The SMILES string of the molecule is Cc1cccc(C(=O)NC2CCOc3ccc(Cl)cc32)c1. The lowest BCUT2D eigenvalue weighted by atomic mass is 10.00. The van der Waals surface area contributed by atoms with E-state index in [1.807, 2.05) is 43.3 Å². The first-order chi connectivity index (χ1) is 10.1. The monoisotopic (exact) mass is 301 g/mol. The standard InChI is InChI=1S/C17H16ClNO2/c1-11-3-2-4-12(9-11)17(20)19-15-7-8-21-16-6-5-13(18)10-14(15)16/h2-6,9-10,15H,7-8H2,1H3,(H,19,20). The smallest absolute Gasteiger partial charge is 0.251 e. The molecule has 2 aromatic rings. The van der Waals surface area contributed by atoms with Crippen molar-refractivity contribution in [3.8, 4) is 5.75 Å². The Hall–Kier alpha value is -2.00. The van der Waals surface area contributed by atoms with E-state index in [4.69, 9.17) is 16.3 Å². The van der Waals surface area contributed by atoms with Crippen LogP contribution in [-0.4, -0.2) is 12.5 Å². The van der Waals surface area contributed by atoms with Crippen LogP contribution in [0.1, 0.15) is 33.9 Å². The van der Waals surface area contributed by atoms with E-state index in [-0.39, 0.29) is 11.9 Å². The molecule has 1 aliphatic heterocycles. The summed E-state index contributed by atoms with van der Waals surface area (Å²) >= 11 is 6.05. The highest BCUT2D eigenvalue weighted by Crippen LogP contribution is 2.34. The molecule has 0 saturated carbocycles. The largest absolute Gasteiger partial charge is 0.493 e. The molecule has 3 nitrogen and oxygen atoms in total. The van der Waals surface area contributed by atoms with E-state index in [0.29, 0.717) is 17.2 Å². The summed E-state index contributed by atoms with van der Waals surface area (Å²) < 4.78 is 5.61. The number of ether oxygens (including phenoxy) is 1. The van der Waals surface area contributed by atoms with Crippen LogP contribution >= 0.6 is 11.6 Å². The first-order valence-electron chi connectivity index (χ1n) is 6.93. The maximum Gasteiger partial charge on any atom is 0.251 e. The maximum absolute atomic E-state index is 12.4.